The van der Waals surface area contributed by atoms with Gasteiger partial charge in [0.15, 0.2) is 0 Å². The van der Waals surface area contributed by atoms with E-state index < -0.39 is 0 Å². The Morgan fingerprint density at radius 1 is 1.05 bits per heavy atom. The summed E-state index contributed by atoms with van der Waals surface area (Å²) in [7, 11) is 0. The maximum absolute atomic E-state index is 9.33. The first-order valence-electron chi connectivity index (χ1n) is 6.56. The molecule has 0 spiro atoms. The Kier molecular flexibility index (Phi) is 4.40. The van der Waals surface area contributed by atoms with Gasteiger partial charge < -0.3 is 14.9 Å². The van der Waals surface area contributed by atoms with Crippen LogP contribution < -0.4 is 4.74 Å². The predicted molar refractivity (Wildman–Crippen MR) is 76.6 cm³/mol. The second-order valence-corrected chi connectivity index (χ2v) is 4.96. The van der Waals surface area contributed by atoms with Crippen LogP contribution in [0, 0.1) is 0 Å². The molecule has 0 heterocycles. The van der Waals surface area contributed by atoms with Crippen molar-refractivity contribution >= 4 is 10.8 Å². The van der Waals surface area contributed by atoms with Gasteiger partial charge in [-0.05, 0) is 42.3 Å². The monoisotopic (exact) mass is 260 g/mol. The molecule has 0 amide bonds. The first-order valence-corrected chi connectivity index (χ1v) is 6.56. The van der Waals surface area contributed by atoms with Crippen LogP contribution in [0.2, 0.25) is 0 Å². The Balaban J connectivity index is 2.46. The van der Waals surface area contributed by atoms with Gasteiger partial charge >= 0.3 is 0 Å². The van der Waals surface area contributed by atoms with Crippen LogP contribution in [0.4, 0.5) is 0 Å². The maximum Gasteiger partial charge on any atom is 0.120 e. The first-order chi connectivity index (χ1) is 9.15. The lowest BCUT2D eigenvalue weighted by molar-refractivity contribution is 0.193. The van der Waals surface area contributed by atoms with Crippen molar-refractivity contribution in [1.29, 1.82) is 0 Å². The average Bonchev–Trinajstić information content (AvgIpc) is 2.39. The van der Waals surface area contributed by atoms with E-state index in [-0.39, 0.29) is 25.2 Å². The van der Waals surface area contributed by atoms with Crippen molar-refractivity contribution in [2.45, 2.75) is 25.9 Å². The molecule has 102 valence electrons. The van der Waals surface area contributed by atoms with Crippen LogP contribution in [0.25, 0.3) is 10.8 Å². The number of aliphatic hydroxyl groups excluding tert-OH is 2. The van der Waals surface area contributed by atoms with Gasteiger partial charge in [-0.15, -0.1) is 0 Å². The van der Waals surface area contributed by atoms with E-state index in [1.54, 1.807) is 0 Å². The van der Waals surface area contributed by atoms with Crippen LogP contribution >= 0.6 is 0 Å². The fraction of sp³-hybridized carbons (Fsp3) is 0.375. The Hall–Kier alpha value is -1.58. The molecule has 2 N–H and O–H groups in total. The predicted octanol–water partition coefficient (Wildman–Crippen LogP) is 2.70. The van der Waals surface area contributed by atoms with E-state index in [9.17, 15) is 10.2 Å². The molecule has 0 radical (unpaired) electrons. The van der Waals surface area contributed by atoms with Crippen molar-refractivity contribution in [3.05, 3.63) is 42.0 Å². The number of hydrogen-bond acceptors (Lipinski definition) is 3. The third kappa shape index (κ3) is 3.06. The molecule has 3 heteroatoms. The molecular formula is C16H20O3. The van der Waals surface area contributed by atoms with E-state index in [1.165, 1.54) is 0 Å². The Morgan fingerprint density at radius 3 is 2.42 bits per heavy atom. The highest BCUT2D eigenvalue weighted by Crippen LogP contribution is 2.28. The summed E-state index contributed by atoms with van der Waals surface area (Å²) in [5, 5.41) is 20.8. The zero-order chi connectivity index (χ0) is 13.8. The van der Waals surface area contributed by atoms with Crippen molar-refractivity contribution in [3.63, 3.8) is 0 Å². The third-order valence-corrected chi connectivity index (χ3v) is 3.14. The molecule has 0 atom stereocenters. The smallest absolute Gasteiger partial charge is 0.120 e. The first kappa shape index (κ1) is 13.8. The molecule has 0 aliphatic rings. The zero-order valence-electron chi connectivity index (χ0n) is 11.3. The Labute approximate surface area is 113 Å². The van der Waals surface area contributed by atoms with Crippen molar-refractivity contribution in [1.82, 2.24) is 0 Å². The van der Waals surface area contributed by atoms with Crippen LogP contribution in [0.1, 0.15) is 25.3 Å². The normalized spacial score (nSPS) is 11.5. The van der Waals surface area contributed by atoms with E-state index >= 15 is 0 Å². The van der Waals surface area contributed by atoms with Gasteiger partial charge in [0.1, 0.15) is 5.75 Å². The average molecular weight is 260 g/mol. The third-order valence-electron chi connectivity index (χ3n) is 3.14. The van der Waals surface area contributed by atoms with Gasteiger partial charge in [-0.2, -0.15) is 0 Å². The van der Waals surface area contributed by atoms with Gasteiger partial charge in [0.05, 0.1) is 19.3 Å². The number of ether oxygens (including phenoxy) is 1. The fourth-order valence-corrected chi connectivity index (χ4v) is 2.24. The van der Waals surface area contributed by atoms with Crippen molar-refractivity contribution in [3.8, 4) is 5.75 Å². The summed E-state index contributed by atoms with van der Waals surface area (Å²) in [6.45, 7) is 3.88. The van der Waals surface area contributed by atoms with Crippen LogP contribution in [-0.4, -0.2) is 29.5 Å². The van der Waals surface area contributed by atoms with E-state index in [2.05, 4.69) is 0 Å². The van der Waals surface area contributed by atoms with Crippen LogP contribution in [0.5, 0.6) is 5.75 Å². The molecule has 0 saturated heterocycles. The van der Waals surface area contributed by atoms with Crippen LogP contribution in [0.15, 0.2) is 36.4 Å². The topological polar surface area (TPSA) is 49.7 Å². The molecular weight excluding hydrogens is 240 g/mol. The largest absolute Gasteiger partial charge is 0.491 e. The molecule has 0 aromatic heterocycles. The molecule has 0 unspecified atom stereocenters. The van der Waals surface area contributed by atoms with Gasteiger partial charge in [0, 0.05) is 5.92 Å². The molecule has 3 nitrogen and oxygen atoms in total. The highest BCUT2D eigenvalue weighted by molar-refractivity contribution is 5.87. The quantitative estimate of drug-likeness (QED) is 0.869. The minimum Gasteiger partial charge on any atom is -0.491 e. The Bertz CT molecular complexity index is 545. The fourth-order valence-electron chi connectivity index (χ4n) is 2.24. The minimum atomic E-state index is -0.236. The van der Waals surface area contributed by atoms with Crippen LogP contribution in [-0.2, 0) is 0 Å². The maximum atomic E-state index is 9.33. The second kappa shape index (κ2) is 6.04. The molecule has 0 aliphatic heterocycles. The molecule has 0 fully saturated rings. The molecule has 19 heavy (non-hydrogen) atoms. The number of aliphatic hydroxyl groups is 2. The molecule has 2 aromatic carbocycles. The van der Waals surface area contributed by atoms with E-state index in [1.807, 2.05) is 50.2 Å². The number of benzene rings is 2. The summed E-state index contributed by atoms with van der Waals surface area (Å²) in [5.41, 5.74) is 0.971. The van der Waals surface area contributed by atoms with Crippen molar-refractivity contribution < 1.29 is 14.9 Å². The lowest BCUT2D eigenvalue weighted by Gasteiger charge is -2.16. The highest BCUT2D eigenvalue weighted by atomic mass is 16.5. The zero-order valence-corrected chi connectivity index (χ0v) is 11.3. The Morgan fingerprint density at radius 2 is 1.79 bits per heavy atom. The minimum absolute atomic E-state index is 0.0557. The van der Waals surface area contributed by atoms with Crippen molar-refractivity contribution in [2.75, 3.05) is 13.2 Å². The molecule has 2 rings (SSSR count). The SMILES string of the molecule is CC(C)Oc1ccc2c(C(CO)CO)cccc2c1. The van der Waals surface area contributed by atoms with Gasteiger partial charge in [0.2, 0.25) is 0 Å². The molecule has 2 aromatic rings. The summed E-state index contributed by atoms with van der Waals surface area (Å²) in [6, 6.07) is 11.8. The second-order valence-electron chi connectivity index (χ2n) is 4.96. The molecule has 0 aliphatic carbocycles. The van der Waals surface area contributed by atoms with Crippen LogP contribution in [0.3, 0.4) is 0 Å². The summed E-state index contributed by atoms with van der Waals surface area (Å²) in [6.07, 6.45) is 0.142. The van der Waals surface area contributed by atoms with E-state index in [0.717, 1.165) is 22.1 Å². The van der Waals surface area contributed by atoms with E-state index in [0.29, 0.717) is 0 Å². The van der Waals surface area contributed by atoms with Gasteiger partial charge in [-0.3, -0.25) is 0 Å². The molecule has 0 bridgehead atoms. The summed E-state index contributed by atoms with van der Waals surface area (Å²) in [4.78, 5) is 0. The van der Waals surface area contributed by atoms with E-state index in [4.69, 9.17) is 4.74 Å². The number of hydrogen-bond donors (Lipinski definition) is 2. The summed E-state index contributed by atoms with van der Waals surface area (Å²) >= 11 is 0. The summed E-state index contributed by atoms with van der Waals surface area (Å²) < 4.78 is 5.68. The highest BCUT2D eigenvalue weighted by Gasteiger charge is 2.12. The van der Waals surface area contributed by atoms with Gasteiger partial charge in [-0.25, -0.2) is 0 Å². The number of fused-ring (bicyclic) bond motifs is 1. The summed E-state index contributed by atoms with van der Waals surface area (Å²) in [5.74, 6) is 0.602. The lowest BCUT2D eigenvalue weighted by atomic mass is 9.94. The number of rotatable bonds is 5. The van der Waals surface area contributed by atoms with Crippen molar-refractivity contribution in [2.24, 2.45) is 0 Å². The van der Waals surface area contributed by atoms with Gasteiger partial charge in [-0.1, -0.05) is 24.3 Å². The van der Waals surface area contributed by atoms with Gasteiger partial charge in [0.25, 0.3) is 0 Å². The molecule has 0 saturated carbocycles. The standard InChI is InChI=1S/C16H20O3/c1-11(2)19-14-6-7-16-12(8-14)4-3-5-15(16)13(9-17)10-18/h3-8,11,13,17-18H,9-10H2,1-2H3. The lowest BCUT2D eigenvalue weighted by Crippen LogP contribution is -2.09.